The molecule has 0 saturated heterocycles. The van der Waals surface area contributed by atoms with Gasteiger partial charge in [0.1, 0.15) is 4.88 Å². The lowest BCUT2D eigenvalue weighted by atomic mass is 9.91. The van der Waals surface area contributed by atoms with Crippen LogP contribution in [-0.2, 0) is 5.41 Å². The quantitative estimate of drug-likeness (QED) is 0.752. The minimum Gasteiger partial charge on any atom is -0.344 e. The molecule has 4 nitrogen and oxygen atoms in total. The second-order valence-corrected chi connectivity index (χ2v) is 7.43. The zero-order chi connectivity index (χ0) is 14.7. The van der Waals surface area contributed by atoms with Crippen LogP contribution >= 0.6 is 43.4 Å². The fourth-order valence-corrected chi connectivity index (χ4v) is 4.28. The van der Waals surface area contributed by atoms with E-state index in [0.717, 1.165) is 23.6 Å². The Bertz CT molecular complexity index is 430. The SMILES string of the molecule is CCC(CBr)(CBr)NC(=O)c1snnc1C(C)(C)C. The molecule has 0 aliphatic carbocycles. The summed E-state index contributed by atoms with van der Waals surface area (Å²) in [5.74, 6) is -0.0966. The lowest BCUT2D eigenvalue weighted by molar-refractivity contribution is 0.0917. The van der Waals surface area contributed by atoms with Crippen molar-refractivity contribution in [2.24, 2.45) is 0 Å². The molecule has 0 saturated carbocycles. The predicted molar refractivity (Wildman–Crippen MR) is 86.7 cm³/mol. The maximum atomic E-state index is 12.4. The van der Waals surface area contributed by atoms with Gasteiger partial charge in [0.25, 0.3) is 5.91 Å². The average molecular weight is 413 g/mol. The highest BCUT2D eigenvalue weighted by atomic mass is 79.9. The molecule has 0 bridgehead atoms. The van der Waals surface area contributed by atoms with E-state index in [0.29, 0.717) is 15.5 Å². The number of amides is 1. The van der Waals surface area contributed by atoms with Crippen LogP contribution in [0.1, 0.15) is 49.5 Å². The van der Waals surface area contributed by atoms with Gasteiger partial charge in [0.2, 0.25) is 0 Å². The van der Waals surface area contributed by atoms with Crippen molar-refractivity contribution in [2.45, 2.75) is 45.1 Å². The zero-order valence-corrected chi connectivity index (χ0v) is 15.6. The summed E-state index contributed by atoms with van der Waals surface area (Å²) in [7, 11) is 0. The topological polar surface area (TPSA) is 54.9 Å². The molecule has 1 aromatic rings. The fourth-order valence-electron chi connectivity index (χ4n) is 1.51. The van der Waals surface area contributed by atoms with E-state index in [1.807, 2.05) is 20.8 Å². The maximum absolute atomic E-state index is 12.4. The van der Waals surface area contributed by atoms with Crippen LogP contribution in [0.25, 0.3) is 0 Å². The molecule has 0 aliphatic rings. The van der Waals surface area contributed by atoms with E-state index in [2.05, 4.69) is 53.7 Å². The number of nitrogens with one attached hydrogen (secondary N) is 1. The first-order valence-electron chi connectivity index (χ1n) is 6.07. The van der Waals surface area contributed by atoms with Crippen molar-refractivity contribution >= 4 is 49.3 Å². The highest BCUT2D eigenvalue weighted by Gasteiger charge is 2.32. The third kappa shape index (κ3) is 3.98. The Morgan fingerprint density at radius 1 is 1.32 bits per heavy atom. The molecule has 0 unspecified atom stereocenters. The number of hydrogen-bond acceptors (Lipinski definition) is 4. The monoisotopic (exact) mass is 411 g/mol. The molecule has 19 heavy (non-hydrogen) atoms. The van der Waals surface area contributed by atoms with Crippen LogP contribution in [0.2, 0.25) is 0 Å². The Labute approximate surface area is 135 Å². The molecule has 0 fully saturated rings. The average Bonchev–Trinajstić information content (AvgIpc) is 2.85. The van der Waals surface area contributed by atoms with Crippen molar-refractivity contribution in [3.05, 3.63) is 10.6 Å². The Balaban J connectivity index is 2.99. The van der Waals surface area contributed by atoms with E-state index in [4.69, 9.17) is 0 Å². The van der Waals surface area contributed by atoms with Gasteiger partial charge in [-0.15, -0.1) is 5.10 Å². The van der Waals surface area contributed by atoms with Crippen LogP contribution in [0.5, 0.6) is 0 Å². The summed E-state index contributed by atoms with van der Waals surface area (Å²) < 4.78 is 3.92. The predicted octanol–water partition coefficient (Wildman–Crippen LogP) is 3.50. The largest absolute Gasteiger partial charge is 0.344 e. The van der Waals surface area contributed by atoms with Crippen LogP contribution in [0.4, 0.5) is 0 Å². The van der Waals surface area contributed by atoms with Crippen LogP contribution in [0.15, 0.2) is 0 Å². The van der Waals surface area contributed by atoms with Gasteiger partial charge in [-0.1, -0.05) is 64.0 Å². The third-order valence-electron chi connectivity index (χ3n) is 2.97. The summed E-state index contributed by atoms with van der Waals surface area (Å²) in [5, 5.41) is 8.59. The number of halogens is 2. The van der Waals surface area contributed by atoms with Gasteiger partial charge in [0.05, 0.1) is 11.2 Å². The molecule has 1 heterocycles. The Kier molecular flexibility index (Phi) is 5.95. The van der Waals surface area contributed by atoms with Gasteiger partial charge in [0.15, 0.2) is 0 Å². The first kappa shape index (κ1) is 17.0. The van der Waals surface area contributed by atoms with Crippen molar-refractivity contribution in [3.63, 3.8) is 0 Å². The number of nitrogens with zero attached hydrogens (tertiary/aromatic N) is 2. The fraction of sp³-hybridized carbons (Fsp3) is 0.750. The summed E-state index contributed by atoms with van der Waals surface area (Å²) in [6.07, 6.45) is 0.840. The maximum Gasteiger partial charge on any atom is 0.265 e. The summed E-state index contributed by atoms with van der Waals surface area (Å²) >= 11 is 8.09. The molecule has 1 amide bonds. The Morgan fingerprint density at radius 3 is 2.32 bits per heavy atom. The normalized spacial score (nSPS) is 12.5. The van der Waals surface area contributed by atoms with E-state index >= 15 is 0 Å². The van der Waals surface area contributed by atoms with Crippen molar-refractivity contribution in [1.82, 2.24) is 14.9 Å². The Morgan fingerprint density at radius 2 is 1.89 bits per heavy atom. The number of hydrogen-bond donors (Lipinski definition) is 1. The molecule has 0 radical (unpaired) electrons. The van der Waals surface area contributed by atoms with Gasteiger partial charge in [0, 0.05) is 16.1 Å². The van der Waals surface area contributed by atoms with E-state index in [-0.39, 0.29) is 16.9 Å². The van der Waals surface area contributed by atoms with Gasteiger partial charge in [-0.2, -0.15) is 0 Å². The highest BCUT2D eigenvalue weighted by molar-refractivity contribution is 9.09. The summed E-state index contributed by atoms with van der Waals surface area (Å²) in [6, 6.07) is 0. The number of carbonyl (C=O) groups is 1. The lowest BCUT2D eigenvalue weighted by Crippen LogP contribution is -2.51. The van der Waals surface area contributed by atoms with Crippen molar-refractivity contribution in [3.8, 4) is 0 Å². The highest BCUT2D eigenvalue weighted by Crippen LogP contribution is 2.27. The van der Waals surface area contributed by atoms with E-state index in [1.54, 1.807) is 0 Å². The van der Waals surface area contributed by atoms with Gasteiger partial charge < -0.3 is 5.32 Å². The first-order chi connectivity index (χ1) is 8.79. The van der Waals surface area contributed by atoms with E-state index < -0.39 is 0 Å². The lowest BCUT2D eigenvalue weighted by Gasteiger charge is -2.30. The Hall–Kier alpha value is -0.0100. The van der Waals surface area contributed by atoms with E-state index in [9.17, 15) is 4.79 Å². The molecule has 108 valence electrons. The van der Waals surface area contributed by atoms with Crippen LogP contribution in [0, 0.1) is 0 Å². The van der Waals surface area contributed by atoms with Crippen LogP contribution in [-0.4, -0.2) is 31.7 Å². The molecule has 1 rings (SSSR count). The van der Waals surface area contributed by atoms with E-state index in [1.165, 1.54) is 0 Å². The number of rotatable bonds is 5. The molecule has 0 aliphatic heterocycles. The second-order valence-electron chi connectivity index (χ2n) is 5.56. The molecule has 0 spiro atoms. The molecule has 0 aromatic carbocycles. The molecule has 0 atom stereocenters. The van der Waals surface area contributed by atoms with Crippen molar-refractivity contribution < 1.29 is 4.79 Å². The molecule has 1 N–H and O–H groups in total. The standard InChI is InChI=1S/C12H19Br2N3OS/c1-5-12(6-13,7-14)15-10(18)8-9(11(2,3)4)16-17-19-8/h5-7H2,1-4H3,(H,15,18). The molecular formula is C12H19Br2N3OS. The smallest absolute Gasteiger partial charge is 0.265 e. The first-order valence-corrected chi connectivity index (χ1v) is 9.08. The summed E-state index contributed by atoms with van der Waals surface area (Å²) in [4.78, 5) is 13.0. The minimum absolute atomic E-state index is 0.0966. The van der Waals surface area contributed by atoms with Gasteiger partial charge >= 0.3 is 0 Å². The van der Waals surface area contributed by atoms with Crippen LogP contribution in [0.3, 0.4) is 0 Å². The molecular weight excluding hydrogens is 394 g/mol. The summed E-state index contributed by atoms with van der Waals surface area (Å²) in [5.41, 5.74) is 0.289. The van der Waals surface area contributed by atoms with Crippen molar-refractivity contribution in [1.29, 1.82) is 0 Å². The van der Waals surface area contributed by atoms with Gasteiger partial charge in [-0.3, -0.25) is 4.79 Å². The van der Waals surface area contributed by atoms with Gasteiger partial charge in [-0.05, 0) is 18.0 Å². The van der Waals surface area contributed by atoms with Crippen LogP contribution < -0.4 is 5.32 Å². The number of carbonyl (C=O) groups excluding carboxylic acids is 1. The zero-order valence-electron chi connectivity index (χ0n) is 11.6. The van der Waals surface area contributed by atoms with Gasteiger partial charge in [-0.25, -0.2) is 0 Å². The third-order valence-corrected chi connectivity index (χ3v) is 5.84. The van der Waals surface area contributed by atoms with Crippen molar-refractivity contribution in [2.75, 3.05) is 10.7 Å². The number of aromatic nitrogens is 2. The molecule has 7 heteroatoms. The summed E-state index contributed by atoms with van der Waals surface area (Å²) in [6.45, 7) is 8.14. The second kappa shape index (κ2) is 6.63. The minimum atomic E-state index is -0.282. The number of alkyl halides is 2. The molecule has 1 aromatic heterocycles.